The van der Waals surface area contributed by atoms with Crippen LogP contribution in [-0.4, -0.2) is 24.9 Å². The third kappa shape index (κ3) is 1.84. The standard InChI is InChI=1S/C13H14O3/c1-2-4-10(5-3-1)8-15-12-9-16-11-6-7-14-13(11)12/h1-7,11-13H,8-9H2/t11?,12-,13+/m1/s1. The summed E-state index contributed by atoms with van der Waals surface area (Å²) in [4.78, 5) is 0. The molecule has 1 aromatic rings. The molecule has 0 aromatic heterocycles. The quantitative estimate of drug-likeness (QED) is 0.775. The van der Waals surface area contributed by atoms with E-state index in [1.807, 2.05) is 24.3 Å². The summed E-state index contributed by atoms with van der Waals surface area (Å²) in [5.74, 6) is 0. The van der Waals surface area contributed by atoms with Gasteiger partial charge in [0.1, 0.15) is 12.2 Å². The van der Waals surface area contributed by atoms with Gasteiger partial charge in [-0.1, -0.05) is 30.3 Å². The minimum atomic E-state index is 0.0419. The molecule has 0 aliphatic carbocycles. The Kier molecular flexibility index (Phi) is 2.64. The second kappa shape index (κ2) is 4.28. The summed E-state index contributed by atoms with van der Waals surface area (Å²) < 4.78 is 16.8. The van der Waals surface area contributed by atoms with Crippen molar-refractivity contribution in [3.8, 4) is 0 Å². The summed E-state index contributed by atoms with van der Waals surface area (Å²) in [6.45, 7) is 1.23. The molecule has 1 unspecified atom stereocenters. The molecule has 0 saturated carbocycles. The smallest absolute Gasteiger partial charge is 0.156 e. The highest BCUT2D eigenvalue weighted by molar-refractivity contribution is 5.13. The van der Waals surface area contributed by atoms with Gasteiger partial charge in [-0.05, 0) is 11.6 Å². The van der Waals surface area contributed by atoms with Crippen LogP contribution >= 0.6 is 0 Å². The van der Waals surface area contributed by atoms with Gasteiger partial charge in [0.25, 0.3) is 0 Å². The van der Waals surface area contributed by atoms with Gasteiger partial charge < -0.3 is 14.2 Å². The monoisotopic (exact) mass is 218 g/mol. The Bertz CT molecular complexity index is 374. The fourth-order valence-electron chi connectivity index (χ4n) is 2.07. The van der Waals surface area contributed by atoms with Gasteiger partial charge in [-0.3, -0.25) is 0 Å². The van der Waals surface area contributed by atoms with E-state index in [0.29, 0.717) is 13.2 Å². The van der Waals surface area contributed by atoms with Crippen LogP contribution in [-0.2, 0) is 20.8 Å². The zero-order valence-electron chi connectivity index (χ0n) is 8.91. The van der Waals surface area contributed by atoms with E-state index in [9.17, 15) is 0 Å². The molecule has 3 atom stereocenters. The van der Waals surface area contributed by atoms with Crippen molar-refractivity contribution in [2.45, 2.75) is 24.9 Å². The van der Waals surface area contributed by atoms with Crippen molar-refractivity contribution in [1.82, 2.24) is 0 Å². The lowest BCUT2D eigenvalue weighted by molar-refractivity contribution is -0.0222. The highest BCUT2D eigenvalue weighted by Crippen LogP contribution is 2.26. The Labute approximate surface area is 94.6 Å². The van der Waals surface area contributed by atoms with E-state index in [2.05, 4.69) is 12.1 Å². The molecular formula is C13H14O3. The third-order valence-corrected chi connectivity index (χ3v) is 2.95. The number of hydrogen-bond acceptors (Lipinski definition) is 3. The topological polar surface area (TPSA) is 27.7 Å². The first-order valence-corrected chi connectivity index (χ1v) is 5.53. The lowest BCUT2D eigenvalue weighted by Crippen LogP contribution is -2.30. The summed E-state index contributed by atoms with van der Waals surface area (Å²) in [5, 5.41) is 0. The van der Waals surface area contributed by atoms with Crippen LogP contribution in [0, 0.1) is 0 Å². The van der Waals surface area contributed by atoms with Gasteiger partial charge in [0.15, 0.2) is 6.10 Å². The molecule has 3 heteroatoms. The van der Waals surface area contributed by atoms with Crippen molar-refractivity contribution in [3.63, 3.8) is 0 Å². The summed E-state index contributed by atoms with van der Waals surface area (Å²) in [5.41, 5.74) is 1.18. The Morgan fingerprint density at radius 2 is 2.12 bits per heavy atom. The average molecular weight is 218 g/mol. The molecule has 84 valence electrons. The predicted octanol–water partition coefficient (Wildman–Crippen LogP) is 1.88. The van der Waals surface area contributed by atoms with E-state index in [1.54, 1.807) is 6.26 Å². The van der Waals surface area contributed by atoms with Gasteiger partial charge in [0.05, 0.1) is 19.5 Å². The molecule has 0 bridgehead atoms. The van der Waals surface area contributed by atoms with Crippen LogP contribution in [0.15, 0.2) is 42.7 Å². The SMILES string of the molecule is C1=CC2OC[C@@H](OCc3ccccc3)[C@H]2O1. The molecule has 2 heterocycles. The highest BCUT2D eigenvalue weighted by Gasteiger charge is 2.40. The van der Waals surface area contributed by atoms with E-state index in [0.717, 1.165) is 0 Å². The number of benzene rings is 1. The molecule has 0 radical (unpaired) electrons. The van der Waals surface area contributed by atoms with Crippen molar-refractivity contribution in [1.29, 1.82) is 0 Å². The zero-order valence-corrected chi connectivity index (χ0v) is 8.91. The van der Waals surface area contributed by atoms with Crippen LogP contribution in [0.2, 0.25) is 0 Å². The number of rotatable bonds is 3. The average Bonchev–Trinajstić information content (AvgIpc) is 2.90. The second-order valence-corrected chi connectivity index (χ2v) is 4.06. The number of fused-ring (bicyclic) bond motifs is 1. The van der Waals surface area contributed by atoms with Crippen LogP contribution in [0.25, 0.3) is 0 Å². The van der Waals surface area contributed by atoms with Gasteiger partial charge in [-0.15, -0.1) is 0 Å². The van der Waals surface area contributed by atoms with E-state index in [-0.39, 0.29) is 18.3 Å². The largest absolute Gasteiger partial charge is 0.492 e. The van der Waals surface area contributed by atoms with Crippen molar-refractivity contribution < 1.29 is 14.2 Å². The maximum atomic E-state index is 5.81. The van der Waals surface area contributed by atoms with Crippen LogP contribution in [0.5, 0.6) is 0 Å². The molecule has 1 fully saturated rings. The molecule has 0 amide bonds. The number of hydrogen-bond donors (Lipinski definition) is 0. The number of ether oxygens (including phenoxy) is 3. The van der Waals surface area contributed by atoms with Gasteiger partial charge >= 0.3 is 0 Å². The predicted molar refractivity (Wildman–Crippen MR) is 58.8 cm³/mol. The van der Waals surface area contributed by atoms with Crippen LogP contribution in [0.4, 0.5) is 0 Å². The van der Waals surface area contributed by atoms with Gasteiger partial charge in [0, 0.05) is 0 Å². The maximum Gasteiger partial charge on any atom is 0.156 e. The molecular weight excluding hydrogens is 204 g/mol. The van der Waals surface area contributed by atoms with Crippen molar-refractivity contribution in [2.24, 2.45) is 0 Å². The first-order valence-electron chi connectivity index (χ1n) is 5.53. The fraction of sp³-hybridized carbons (Fsp3) is 0.385. The Balaban J connectivity index is 1.56. The van der Waals surface area contributed by atoms with Gasteiger partial charge in [0.2, 0.25) is 0 Å². The summed E-state index contributed by atoms with van der Waals surface area (Å²) in [7, 11) is 0. The first kappa shape index (κ1) is 9.87. The molecule has 3 rings (SSSR count). The Morgan fingerprint density at radius 1 is 1.25 bits per heavy atom. The maximum absolute atomic E-state index is 5.81. The minimum Gasteiger partial charge on any atom is -0.492 e. The molecule has 2 aliphatic rings. The lowest BCUT2D eigenvalue weighted by Gasteiger charge is -2.17. The molecule has 0 N–H and O–H groups in total. The molecule has 1 saturated heterocycles. The first-order chi connectivity index (χ1) is 7.93. The van der Waals surface area contributed by atoms with E-state index < -0.39 is 0 Å². The molecule has 1 aromatic carbocycles. The van der Waals surface area contributed by atoms with Crippen molar-refractivity contribution >= 4 is 0 Å². The van der Waals surface area contributed by atoms with Gasteiger partial charge in [-0.25, -0.2) is 0 Å². The molecule has 16 heavy (non-hydrogen) atoms. The fourth-order valence-corrected chi connectivity index (χ4v) is 2.07. The summed E-state index contributed by atoms with van der Waals surface area (Å²) >= 11 is 0. The van der Waals surface area contributed by atoms with Crippen molar-refractivity contribution in [3.05, 3.63) is 48.2 Å². The zero-order chi connectivity index (χ0) is 10.8. The summed E-state index contributed by atoms with van der Waals surface area (Å²) in [6.07, 6.45) is 3.81. The van der Waals surface area contributed by atoms with Crippen molar-refractivity contribution in [2.75, 3.05) is 6.61 Å². The normalized spacial score (nSPS) is 31.4. The molecule has 2 aliphatic heterocycles. The Hall–Kier alpha value is -1.32. The van der Waals surface area contributed by atoms with E-state index in [4.69, 9.17) is 14.2 Å². The van der Waals surface area contributed by atoms with E-state index in [1.165, 1.54) is 5.56 Å². The highest BCUT2D eigenvalue weighted by atomic mass is 16.6. The van der Waals surface area contributed by atoms with Gasteiger partial charge in [-0.2, -0.15) is 0 Å². The Morgan fingerprint density at radius 3 is 3.00 bits per heavy atom. The van der Waals surface area contributed by atoms with E-state index >= 15 is 0 Å². The van der Waals surface area contributed by atoms with Crippen LogP contribution in [0.3, 0.4) is 0 Å². The lowest BCUT2D eigenvalue weighted by atomic mass is 10.1. The molecule has 3 nitrogen and oxygen atoms in total. The van der Waals surface area contributed by atoms with Crippen LogP contribution < -0.4 is 0 Å². The summed E-state index contributed by atoms with van der Waals surface area (Å²) in [6, 6.07) is 10.1. The second-order valence-electron chi connectivity index (χ2n) is 4.06. The van der Waals surface area contributed by atoms with Crippen LogP contribution in [0.1, 0.15) is 5.56 Å². The molecule has 0 spiro atoms. The minimum absolute atomic E-state index is 0.0419. The third-order valence-electron chi connectivity index (χ3n) is 2.95.